The molecule has 0 atom stereocenters. The molecule has 0 saturated carbocycles. The highest BCUT2D eigenvalue weighted by Gasteiger charge is 2.20. The molecule has 0 saturated heterocycles. The minimum absolute atomic E-state index is 0.294. The lowest BCUT2D eigenvalue weighted by atomic mass is 10.1. The van der Waals surface area contributed by atoms with Gasteiger partial charge in [-0.15, -0.1) is 22.7 Å². The van der Waals surface area contributed by atoms with Crippen molar-refractivity contribution in [3.8, 4) is 39.0 Å². The van der Waals surface area contributed by atoms with Crippen LogP contribution < -0.4 is 14.8 Å². The third kappa shape index (κ3) is 4.30. The molecule has 3 aromatic heterocycles. The Labute approximate surface area is 204 Å². The van der Waals surface area contributed by atoms with Crippen molar-refractivity contribution in [1.29, 1.82) is 0 Å². The number of ether oxygens (including phenoxy) is 2. The molecule has 0 unspecified atom stereocenters. The number of anilines is 1. The maximum absolute atomic E-state index is 13.3. The van der Waals surface area contributed by atoms with E-state index in [9.17, 15) is 4.79 Å². The first-order valence-electron chi connectivity index (χ1n) is 10.3. The minimum atomic E-state index is -0.294. The van der Waals surface area contributed by atoms with Crippen LogP contribution in [0.3, 0.4) is 0 Å². The number of carbonyl (C=O) groups excluding carboxylic acids is 1. The Morgan fingerprint density at radius 1 is 0.941 bits per heavy atom. The summed E-state index contributed by atoms with van der Waals surface area (Å²) < 4.78 is 12.5. The normalized spacial score (nSPS) is 10.8. The van der Waals surface area contributed by atoms with Crippen LogP contribution in [0.2, 0.25) is 0 Å². The molecule has 170 valence electrons. The van der Waals surface area contributed by atoms with Gasteiger partial charge in [0.2, 0.25) is 0 Å². The first-order chi connectivity index (χ1) is 16.7. The summed E-state index contributed by atoms with van der Waals surface area (Å²) in [5.74, 6) is 1.08. The number of para-hydroxylation sites is 1. The molecule has 2 aromatic carbocycles. The molecule has 0 radical (unpaired) electrons. The maximum Gasteiger partial charge on any atom is 0.276 e. The van der Waals surface area contributed by atoms with Crippen molar-refractivity contribution < 1.29 is 14.3 Å². The number of thiophene rings is 1. The van der Waals surface area contributed by atoms with Gasteiger partial charge in [0.15, 0.2) is 5.13 Å². The van der Waals surface area contributed by atoms with Gasteiger partial charge in [0.25, 0.3) is 5.91 Å². The Balaban J connectivity index is 1.46. The SMILES string of the molecule is COc1ccc(OC)c(-c2csc(NC(=O)c3cc(-c4cccs4)nn3-c3ccccc3)n2)c1. The lowest BCUT2D eigenvalue weighted by molar-refractivity contribution is 0.101. The van der Waals surface area contributed by atoms with Crippen molar-refractivity contribution in [2.45, 2.75) is 0 Å². The van der Waals surface area contributed by atoms with Gasteiger partial charge >= 0.3 is 0 Å². The fourth-order valence-electron chi connectivity index (χ4n) is 3.48. The molecule has 0 spiro atoms. The highest BCUT2D eigenvalue weighted by molar-refractivity contribution is 7.14. The number of nitrogens with zero attached hydrogens (tertiary/aromatic N) is 3. The Bertz CT molecular complexity index is 1430. The van der Waals surface area contributed by atoms with Crippen LogP contribution >= 0.6 is 22.7 Å². The van der Waals surface area contributed by atoms with Gasteiger partial charge in [-0.25, -0.2) is 9.67 Å². The summed E-state index contributed by atoms with van der Waals surface area (Å²) >= 11 is 2.92. The average molecular weight is 489 g/mol. The molecule has 34 heavy (non-hydrogen) atoms. The molecule has 1 N–H and O–H groups in total. The number of benzene rings is 2. The fourth-order valence-corrected chi connectivity index (χ4v) is 4.87. The summed E-state index contributed by atoms with van der Waals surface area (Å²) in [6.45, 7) is 0. The first kappa shape index (κ1) is 21.9. The monoisotopic (exact) mass is 488 g/mol. The zero-order valence-corrected chi connectivity index (χ0v) is 20.0. The number of rotatable bonds is 7. The van der Waals surface area contributed by atoms with Gasteiger partial charge in [-0.1, -0.05) is 24.3 Å². The molecule has 9 heteroatoms. The van der Waals surface area contributed by atoms with Crippen LogP contribution in [0.15, 0.2) is 77.5 Å². The van der Waals surface area contributed by atoms with Gasteiger partial charge in [0.1, 0.15) is 22.9 Å². The fraction of sp³-hybridized carbons (Fsp3) is 0.0800. The van der Waals surface area contributed by atoms with Gasteiger partial charge in [-0.05, 0) is 47.8 Å². The van der Waals surface area contributed by atoms with Crippen LogP contribution in [0.1, 0.15) is 10.5 Å². The molecule has 3 heterocycles. The summed E-state index contributed by atoms with van der Waals surface area (Å²) in [6.07, 6.45) is 0. The van der Waals surface area contributed by atoms with Crippen LogP contribution in [0.5, 0.6) is 11.5 Å². The van der Waals surface area contributed by atoms with E-state index in [1.807, 2.05) is 71.4 Å². The van der Waals surface area contributed by atoms with E-state index >= 15 is 0 Å². The molecule has 1 amide bonds. The van der Waals surface area contributed by atoms with Gasteiger partial charge in [-0.3, -0.25) is 10.1 Å². The van der Waals surface area contributed by atoms with Crippen LogP contribution in [0.25, 0.3) is 27.5 Å². The lowest BCUT2D eigenvalue weighted by Gasteiger charge is -2.08. The van der Waals surface area contributed by atoms with E-state index in [0.29, 0.717) is 28.0 Å². The Morgan fingerprint density at radius 3 is 2.53 bits per heavy atom. The number of amides is 1. The van der Waals surface area contributed by atoms with Gasteiger partial charge in [-0.2, -0.15) is 5.10 Å². The largest absolute Gasteiger partial charge is 0.497 e. The number of hydrogen-bond acceptors (Lipinski definition) is 7. The van der Waals surface area contributed by atoms with E-state index in [-0.39, 0.29) is 5.91 Å². The summed E-state index contributed by atoms with van der Waals surface area (Å²) in [5, 5.41) is 12.0. The van der Waals surface area contributed by atoms with Crippen LogP contribution in [0.4, 0.5) is 5.13 Å². The third-order valence-electron chi connectivity index (χ3n) is 5.12. The summed E-state index contributed by atoms with van der Waals surface area (Å²) in [6, 6.07) is 20.8. The molecule has 5 rings (SSSR count). The molecule has 0 aliphatic heterocycles. The molecular formula is C25H20N4O3S2. The number of hydrogen-bond donors (Lipinski definition) is 1. The van der Waals surface area contributed by atoms with E-state index in [0.717, 1.165) is 21.8 Å². The lowest BCUT2D eigenvalue weighted by Crippen LogP contribution is -2.16. The summed E-state index contributed by atoms with van der Waals surface area (Å²) in [5.41, 5.74) is 3.44. The van der Waals surface area contributed by atoms with Crippen LogP contribution in [-0.4, -0.2) is 34.9 Å². The van der Waals surface area contributed by atoms with Crippen molar-refractivity contribution >= 4 is 33.7 Å². The zero-order valence-electron chi connectivity index (χ0n) is 18.4. The topological polar surface area (TPSA) is 78.3 Å². The molecule has 5 aromatic rings. The van der Waals surface area contributed by atoms with Gasteiger partial charge in [0.05, 0.1) is 30.5 Å². The highest BCUT2D eigenvalue weighted by atomic mass is 32.1. The van der Waals surface area contributed by atoms with E-state index in [1.54, 1.807) is 36.3 Å². The summed E-state index contributed by atoms with van der Waals surface area (Å²) in [7, 11) is 3.22. The zero-order chi connectivity index (χ0) is 23.5. The molecule has 0 fully saturated rings. The number of nitrogens with one attached hydrogen (secondary N) is 1. The second-order valence-corrected chi connectivity index (χ2v) is 9.00. The predicted molar refractivity (Wildman–Crippen MR) is 135 cm³/mol. The summed E-state index contributed by atoms with van der Waals surface area (Å²) in [4.78, 5) is 18.9. The van der Waals surface area contributed by atoms with E-state index < -0.39 is 0 Å². The molecule has 7 nitrogen and oxygen atoms in total. The quantitative estimate of drug-likeness (QED) is 0.304. The molecule has 0 aliphatic rings. The first-order valence-corrected chi connectivity index (χ1v) is 12.1. The average Bonchev–Trinajstić information content (AvgIpc) is 3.65. The van der Waals surface area contributed by atoms with E-state index in [4.69, 9.17) is 14.6 Å². The Morgan fingerprint density at radius 2 is 1.79 bits per heavy atom. The van der Waals surface area contributed by atoms with E-state index in [1.165, 1.54) is 11.3 Å². The van der Waals surface area contributed by atoms with Crippen LogP contribution in [0, 0.1) is 0 Å². The standard InChI is InChI=1S/C25H20N4O3S2/c1-31-17-10-11-22(32-2)18(13-17)20-15-34-25(26-20)27-24(30)21-14-19(23-9-6-12-33-23)28-29(21)16-7-4-3-5-8-16/h3-15H,1-2H3,(H,26,27,30). The Hall–Kier alpha value is -3.95. The van der Waals surface area contributed by atoms with Gasteiger partial charge < -0.3 is 9.47 Å². The number of carbonyl (C=O) groups is 1. The highest BCUT2D eigenvalue weighted by Crippen LogP contribution is 2.35. The third-order valence-corrected chi connectivity index (χ3v) is 6.77. The second-order valence-electron chi connectivity index (χ2n) is 7.20. The van der Waals surface area contributed by atoms with Crippen molar-refractivity contribution in [1.82, 2.24) is 14.8 Å². The maximum atomic E-state index is 13.3. The number of aromatic nitrogens is 3. The predicted octanol–water partition coefficient (Wildman–Crippen LogP) is 5.99. The van der Waals surface area contributed by atoms with Crippen LogP contribution in [-0.2, 0) is 0 Å². The van der Waals surface area contributed by atoms with Crippen molar-refractivity contribution in [2.24, 2.45) is 0 Å². The minimum Gasteiger partial charge on any atom is -0.497 e. The second kappa shape index (κ2) is 9.50. The smallest absolute Gasteiger partial charge is 0.276 e. The molecule has 0 bridgehead atoms. The van der Waals surface area contributed by atoms with E-state index in [2.05, 4.69) is 10.3 Å². The number of methoxy groups -OCH3 is 2. The number of thiazole rings is 1. The Kier molecular flexibility index (Phi) is 6.11. The van der Waals surface area contributed by atoms with Crippen molar-refractivity contribution in [3.63, 3.8) is 0 Å². The molecular weight excluding hydrogens is 468 g/mol. The molecule has 0 aliphatic carbocycles. The van der Waals surface area contributed by atoms with Crippen molar-refractivity contribution in [3.05, 3.63) is 83.2 Å². The van der Waals surface area contributed by atoms with Gasteiger partial charge in [0, 0.05) is 10.9 Å². The van der Waals surface area contributed by atoms with Crippen molar-refractivity contribution in [2.75, 3.05) is 19.5 Å².